The molecular formula is C13H17N3O5. The van der Waals surface area contributed by atoms with Gasteiger partial charge in [-0.25, -0.2) is 0 Å². The third kappa shape index (κ3) is 5.09. The number of ether oxygens (including phenoxy) is 1. The summed E-state index contributed by atoms with van der Waals surface area (Å²) in [7, 11) is 0. The first kappa shape index (κ1) is 16.4. The number of hydrogen-bond donors (Lipinski definition) is 2. The van der Waals surface area contributed by atoms with Gasteiger partial charge in [-0.3, -0.25) is 19.7 Å². The molecule has 0 aliphatic heterocycles. The van der Waals surface area contributed by atoms with E-state index in [-0.39, 0.29) is 29.5 Å². The molecule has 1 aromatic rings. The van der Waals surface area contributed by atoms with E-state index in [0.717, 1.165) is 0 Å². The number of nitro groups is 1. The minimum absolute atomic E-state index is 0.122. The third-order valence-electron chi connectivity index (χ3n) is 2.50. The van der Waals surface area contributed by atoms with Crippen LogP contribution in [0.5, 0.6) is 5.75 Å². The van der Waals surface area contributed by atoms with E-state index in [2.05, 4.69) is 10.6 Å². The average Bonchev–Trinajstić information content (AvgIpc) is 2.43. The van der Waals surface area contributed by atoms with Gasteiger partial charge in [0.2, 0.25) is 5.91 Å². The predicted octanol–water partition coefficient (Wildman–Crippen LogP) is 0.859. The van der Waals surface area contributed by atoms with E-state index < -0.39 is 10.8 Å². The molecule has 1 rings (SSSR count). The average molecular weight is 295 g/mol. The van der Waals surface area contributed by atoms with Gasteiger partial charge in [0.15, 0.2) is 5.75 Å². The van der Waals surface area contributed by atoms with Crippen LogP contribution >= 0.6 is 0 Å². The molecule has 2 N–H and O–H groups in total. The molecule has 0 bridgehead atoms. The maximum Gasteiger partial charge on any atom is 0.311 e. The van der Waals surface area contributed by atoms with Crippen LogP contribution in [0.15, 0.2) is 18.2 Å². The van der Waals surface area contributed by atoms with Crippen LogP contribution < -0.4 is 15.4 Å². The Labute approximate surface area is 121 Å². The van der Waals surface area contributed by atoms with Crippen molar-refractivity contribution in [1.82, 2.24) is 10.6 Å². The molecule has 0 saturated carbocycles. The number of nitro benzene ring substituents is 1. The van der Waals surface area contributed by atoms with Crippen LogP contribution in [0.25, 0.3) is 0 Å². The second-order valence-corrected chi connectivity index (χ2v) is 4.11. The van der Waals surface area contributed by atoms with Gasteiger partial charge in [0.1, 0.15) is 0 Å². The maximum atomic E-state index is 11.8. The lowest BCUT2D eigenvalue weighted by Crippen LogP contribution is -2.33. The topological polar surface area (TPSA) is 111 Å². The lowest BCUT2D eigenvalue weighted by atomic mass is 10.1. The molecule has 0 saturated heterocycles. The van der Waals surface area contributed by atoms with Crippen molar-refractivity contribution in [2.45, 2.75) is 13.8 Å². The van der Waals surface area contributed by atoms with Crippen molar-refractivity contribution < 1.29 is 19.2 Å². The molecule has 0 aliphatic rings. The largest absolute Gasteiger partial charge is 0.487 e. The number of carbonyl (C=O) groups excluding carboxylic acids is 2. The van der Waals surface area contributed by atoms with Crippen LogP contribution in [0, 0.1) is 10.1 Å². The molecule has 0 fully saturated rings. The van der Waals surface area contributed by atoms with Crippen LogP contribution in [0.2, 0.25) is 0 Å². The predicted molar refractivity (Wildman–Crippen MR) is 75.3 cm³/mol. The number of rotatable bonds is 7. The van der Waals surface area contributed by atoms with Crippen molar-refractivity contribution in [3.05, 3.63) is 33.9 Å². The van der Waals surface area contributed by atoms with E-state index in [9.17, 15) is 19.7 Å². The zero-order valence-electron chi connectivity index (χ0n) is 11.8. The summed E-state index contributed by atoms with van der Waals surface area (Å²) in [4.78, 5) is 32.9. The fourth-order valence-corrected chi connectivity index (χ4v) is 1.60. The van der Waals surface area contributed by atoms with E-state index in [1.54, 1.807) is 6.92 Å². The third-order valence-corrected chi connectivity index (χ3v) is 2.50. The zero-order valence-corrected chi connectivity index (χ0v) is 11.8. The van der Waals surface area contributed by atoms with Gasteiger partial charge in [-0.2, -0.15) is 0 Å². The summed E-state index contributed by atoms with van der Waals surface area (Å²) >= 11 is 0. The molecule has 0 radical (unpaired) electrons. The molecule has 114 valence electrons. The first-order valence-corrected chi connectivity index (χ1v) is 6.39. The Morgan fingerprint density at radius 2 is 1.95 bits per heavy atom. The van der Waals surface area contributed by atoms with Crippen LogP contribution in [-0.2, 0) is 4.79 Å². The Kier molecular flexibility index (Phi) is 6.12. The quantitative estimate of drug-likeness (QED) is 0.440. The number of hydrogen-bond acceptors (Lipinski definition) is 5. The normalized spacial score (nSPS) is 9.81. The first-order valence-electron chi connectivity index (χ1n) is 6.39. The van der Waals surface area contributed by atoms with Crippen molar-refractivity contribution in [2.75, 3.05) is 19.7 Å². The van der Waals surface area contributed by atoms with Crippen LogP contribution in [-0.4, -0.2) is 36.4 Å². The van der Waals surface area contributed by atoms with Crippen molar-refractivity contribution in [3.8, 4) is 5.75 Å². The minimum Gasteiger partial charge on any atom is -0.487 e. The molecular weight excluding hydrogens is 278 g/mol. The first-order chi connectivity index (χ1) is 9.95. The van der Waals surface area contributed by atoms with E-state index in [1.165, 1.54) is 25.1 Å². The van der Waals surface area contributed by atoms with E-state index >= 15 is 0 Å². The van der Waals surface area contributed by atoms with Crippen molar-refractivity contribution in [2.24, 2.45) is 0 Å². The highest BCUT2D eigenvalue weighted by molar-refractivity contribution is 5.95. The number of amides is 2. The van der Waals surface area contributed by atoms with Crippen molar-refractivity contribution >= 4 is 17.5 Å². The molecule has 8 nitrogen and oxygen atoms in total. The van der Waals surface area contributed by atoms with E-state index in [1.807, 2.05) is 0 Å². The SMILES string of the molecule is CCOc1ccc(C(=O)NCCNC(C)=O)cc1[N+](=O)[O-]. The van der Waals surface area contributed by atoms with Gasteiger partial charge in [-0.15, -0.1) is 0 Å². The minimum atomic E-state index is -0.598. The molecule has 2 amide bonds. The van der Waals surface area contributed by atoms with Gasteiger partial charge < -0.3 is 15.4 Å². The summed E-state index contributed by atoms with van der Waals surface area (Å²) in [5.41, 5.74) is -0.0978. The van der Waals surface area contributed by atoms with Crippen molar-refractivity contribution in [1.29, 1.82) is 0 Å². The lowest BCUT2D eigenvalue weighted by molar-refractivity contribution is -0.385. The van der Waals surface area contributed by atoms with Gasteiger partial charge in [0.25, 0.3) is 5.91 Å². The molecule has 0 heterocycles. The number of carbonyl (C=O) groups is 2. The van der Waals surface area contributed by atoms with Gasteiger partial charge in [0, 0.05) is 31.6 Å². The van der Waals surface area contributed by atoms with E-state index in [0.29, 0.717) is 13.2 Å². The Balaban J connectivity index is 2.74. The van der Waals surface area contributed by atoms with Gasteiger partial charge in [0.05, 0.1) is 11.5 Å². The molecule has 21 heavy (non-hydrogen) atoms. The fourth-order valence-electron chi connectivity index (χ4n) is 1.60. The molecule has 0 spiro atoms. The standard InChI is InChI=1S/C13H17N3O5/c1-3-21-12-5-4-10(8-11(12)16(19)20)13(18)15-7-6-14-9(2)17/h4-5,8H,3,6-7H2,1-2H3,(H,14,17)(H,15,18). The molecule has 1 aromatic carbocycles. The summed E-state index contributed by atoms with van der Waals surface area (Å²) in [5, 5.41) is 16.0. The monoisotopic (exact) mass is 295 g/mol. The second-order valence-electron chi connectivity index (χ2n) is 4.11. The smallest absolute Gasteiger partial charge is 0.311 e. The Hall–Kier alpha value is -2.64. The second kappa shape index (κ2) is 7.83. The fraction of sp³-hybridized carbons (Fsp3) is 0.385. The van der Waals surface area contributed by atoms with Crippen molar-refractivity contribution in [3.63, 3.8) is 0 Å². The number of nitrogens with zero attached hydrogens (tertiary/aromatic N) is 1. The van der Waals surface area contributed by atoms with Crippen LogP contribution in [0.4, 0.5) is 5.69 Å². The summed E-state index contributed by atoms with van der Waals surface area (Å²) in [6, 6.07) is 4.01. The number of nitrogens with one attached hydrogen (secondary N) is 2. The summed E-state index contributed by atoms with van der Waals surface area (Å²) in [6.45, 7) is 3.91. The molecule has 0 aromatic heterocycles. The van der Waals surface area contributed by atoms with Crippen LogP contribution in [0.3, 0.4) is 0 Å². The Morgan fingerprint density at radius 1 is 1.29 bits per heavy atom. The molecule has 0 atom stereocenters. The lowest BCUT2D eigenvalue weighted by Gasteiger charge is -2.08. The maximum absolute atomic E-state index is 11.8. The highest BCUT2D eigenvalue weighted by atomic mass is 16.6. The van der Waals surface area contributed by atoms with E-state index in [4.69, 9.17) is 4.74 Å². The van der Waals surface area contributed by atoms with Gasteiger partial charge in [-0.05, 0) is 19.1 Å². The van der Waals surface area contributed by atoms with Crippen LogP contribution in [0.1, 0.15) is 24.2 Å². The summed E-state index contributed by atoms with van der Waals surface area (Å²) in [6.07, 6.45) is 0. The number of benzene rings is 1. The Bertz CT molecular complexity index is 545. The summed E-state index contributed by atoms with van der Waals surface area (Å²) < 4.78 is 5.14. The molecule has 8 heteroatoms. The highest BCUT2D eigenvalue weighted by Crippen LogP contribution is 2.27. The zero-order chi connectivity index (χ0) is 15.8. The molecule has 0 aliphatic carbocycles. The molecule has 0 unspecified atom stereocenters. The van der Waals surface area contributed by atoms with Gasteiger partial charge in [-0.1, -0.05) is 0 Å². The Morgan fingerprint density at radius 3 is 2.52 bits per heavy atom. The highest BCUT2D eigenvalue weighted by Gasteiger charge is 2.18. The summed E-state index contributed by atoms with van der Waals surface area (Å²) in [5.74, 6) is -0.523. The van der Waals surface area contributed by atoms with Gasteiger partial charge >= 0.3 is 5.69 Å².